The maximum absolute atomic E-state index is 12.8. The highest BCUT2D eigenvalue weighted by molar-refractivity contribution is 7.12. The van der Waals surface area contributed by atoms with Gasteiger partial charge in [0, 0.05) is 19.2 Å². The van der Waals surface area contributed by atoms with E-state index in [1.807, 2.05) is 11.4 Å². The van der Waals surface area contributed by atoms with Crippen LogP contribution in [0.5, 0.6) is 0 Å². The molecule has 0 bridgehead atoms. The molecule has 1 aromatic rings. The Balaban J connectivity index is 1.86. The first-order valence-corrected chi connectivity index (χ1v) is 8.10. The Bertz CT molecular complexity index is 556. The van der Waals surface area contributed by atoms with Crippen molar-refractivity contribution < 1.29 is 19.4 Å². The van der Waals surface area contributed by atoms with E-state index in [1.54, 1.807) is 12.0 Å². The Morgan fingerprint density at radius 3 is 3.00 bits per heavy atom. The van der Waals surface area contributed by atoms with Gasteiger partial charge in [-0.2, -0.15) is 0 Å². The predicted molar refractivity (Wildman–Crippen MR) is 78.3 cm³/mol. The van der Waals surface area contributed by atoms with Crippen molar-refractivity contribution in [1.82, 2.24) is 4.90 Å². The smallest absolute Gasteiger partial charge is 0.326 e. The molecule has 1 N–H and O–H groups in total. The number of carboxylic acid groups (broad SMARTS) is 1. The normalized spacial score (nSPS) is 27.9. The van der Waals surface area contributed by atoms with Crippen LogP contribution >= 0.6 is 11.3 Å². The number of rotatable bonds is 4. The molecule has 1 saturated heterocycles. The van der Waals surface area contributed by atoms with E-state index in [0.29, 0.717) is 23.9 Å². The molecule has 3 rings (SSSR count). The van der Waals surface area contributed by atoms with Crippen LogP contribution in [0, 0.1) is 11.8 Å². The van der Waals surface area contributed by atoms with Crippen molar-refractivity contribution in [2.45, 2.75) is 31.9 Å². The molecule has 2 aliphatic rings. The van der Waals surface area contributed by atoms with Gasteiger partial charge in [0.2, 0.25) is 0 Å². The number of carboxylic acids is 1. The Hall–Kier alpha value is -1.40. The number of hydrogen-bond donors (Lipinski definition) is 1. The largest absolute Gasteiger partial charge is 0.480 e. The summed E-state index contributed by atoms with van der Waals surface area (Å²) in [4.78, 5) is 26.6. The van der Waals surface area contributed by atoms with Gasteiger partial charge in [-0.15, -0.1) is 11.3 Å². The second kappa shape index (κ2) is 5.77. The van der Waals surface area contributed by atoms with E-state index in [1.165, 1.54) is 11.3 Å². The van der Waals surface area contributed by atoms with Crippen LogP contribution in [0.2, 0.25) is 0 Å². The van der Waals surface area contributed by atoms with Crippen LogP contribution in [0.4, 0.5) is 0 Å². The quantitative estimate of drug-likeness (QED) is 0.926. The lowest BCUT2D eigenvalue weighted by molar-refractivity contribution is -0.142. The van der Waals surface area contributed by atoms with Crippen LogP contribution in [0.15, 0.2) is 11.4 Å². The summed E-state index contributed by atoms with van der Waals surface area (Å²) in [5, 5.41) is 11.4. The fourth-order valence-electron chi connectivity index (χ4n) is 3.75. The Morgan fingerprint density at radius 1 is 1.48 bits per heavy atom. The summed E-state index contributed by atoms with van der Waals surface area (Å²) in [5.74, 6) is -0.556. The summed E-state index contributed by atoms with van der Waals surface area (Å²) < 4.78 is 5.11. The van der Waals surface area contributed by atoms with Gasteiger partial charge in [-0.3, -0.25) is 4.79 Å². The number of likely N-dealkylation sites (tertiary alicyclic amines) is 1. The lowest BCUT2D eigenvalue weighted by atomic mass is 9.94. The second-order valence-corrected chi connectivity index (χ2v) is 6.72. The molecule has 2 fully saturated rings. The fourth-order valence-corrected chi connectivity index (χ4v) is 4.62. The number of ether oxygens (including phenoxy) is 1. The van der Waals surface area contributed by atoms with E-state index < -0.39 is 12.0 Å². The first-order valence-electron chi connectivity index (χ1n) is 7.22. The highest BCUT2D eigenvalue weighted by Crippen LogP contribution is 2.43. The van der Waals surface area contributed by atoms with Crippen LogP contribution in [-0.4, -0.2) is 41.6 Å². The third kappa shape index (κ3) is 2.46. The van der Waals surface area contributed by atoms with E-state index in [9.17, 15) is 14.7 Å². The molecule has 1 saturated carbocycles. The average molecular weight is 309 g/mol. The minimum atomic E-state index is -0.873. The molecular formula is C15H19NO4S. The molecule has 3 atom stereocenters. The van der Waals surface area contributed by atoms with Crippen molar-refractivity contribution in [3.05, 3.63) is 21.9 Å². The van der Waals surface area contributed by atoms with Gasteiger partial charge in [0.1, 0.15) is 6.04 Å². The molecule has 3 unspecified atom stereocenters. The number of methoxy groups -OCH3 is 1. The van der Waals surface area contributed by atoms with Crippen LogP contribution in [0.3, 0.4) is 0 Å². The van der Waals surface area contributed by atoms with Crippen molar-refractivity contribution >= 4 is 23.2 Å². The van der Waals surface area contributed by atoms with Gasteiger partial charge < -0.3 is 14.7 Å². The summed E-state index contributed by atoms with van der Waals surface area (Å²) >= 11 is 1.36. The van der Waals surface area contributed by atoms with Crippen molar-refractivity contribution in [3.8, 4) is 0 Å². The van der Waals surface area contributed by atoms with E-state index in [2.05, 4.69) is 0 Å². The van der Waals surface area contributed by atoms with Gasteiger partial charge in [0.15, 0.2) is 0 Å². The fraction of sp³-hybridized carbons (Fsp3) is 0.600. The van der Waals surface area contributed by atoms with Crippen molar-refractivity contribution in [3.63, 3.8) is 0 Å². The molecule has 6 heteroatoms. The molecule has 21 heavy (non-hydrogen) atoms. The SMILES string of the molecule is COCc1ccsc1C(=O)N1CC2CCCC2C1C(=O)O. The molecule has 2 heterocycles. The molecule has 0 aromatic carbocycles. The maximum Gasteiger partial charge on any atom is 0.326 e. The first kappa shape index (κ1) is 14.5. The molecular weight excluding hydrogens is 290 g/mol. The predicted octanol–water partition coefficient (Wildman–Crippen LogP) is 2.22. The standard InChI is InChI=1S/C15H19NO4S/c1-20-8-10-5-6-21-13(10)14(17)16-7-9-3-2-4-11(9)12(16)15(18)19/h5-6,9,11-12H,2-4,7-8H2,1H3,(H,18,19). The highest BCUT2D eigenvalue weighted by atomic mass is 32.1. The zero-order valence-corrected chi connectivity index (χ0v) is 12.8. The number of carbonyl (C=O) groups excluding carboxylic acids is 1. The Labute approximate surface area is 127 Å². The summed E-state index contributed by atoms with van der Waals surface area (Å²) in [6.07, 6.45) is 3.03. The monoisotopic (exact) mass is 309 g/mol. The van der Waals surface area contributed by atoms with Gasteiger partial charge in [0.25, 0.3) is 5.91 Å². The van der Waals surface area contributed by atoms with Gasteiger partial charge in [-0.05, 0) is 36.1 Å². The number of fused-ring (bicyclic) bond motifs is 1. The molecule has 0 spiro atoms. The van der Waals surface area contributed by atoms with Crippen LogP contribution in [0.1, 0.15) is 34.5 Å². The minimum Gasteiger partial charge on any atom is -0.480 e. The van der Waals surface area contributed by atoms with Crippen LogP contribution in [-0.2, 0) is 16.1 Å². The number of thiophene rings is 1. The topological polar surface area (TPSA) is 66.8 Å². The average Bonchev–Trinajstić information content (AvgIpc) is 3.11. The minimum absolute atomic E-state index is 0.122. The molecule has 1 aromatic heterocycles. The zero-order chi connectivity index (χ0) is 15.0. The molecule has 1 aliphatic carbocycles. The summed E-state index contributed by atoms with van der Waals surface area (Å²) in [6.45, 7) is 0.952. The Kier molecular flexibility index (Phi) is 3.99. The summed E-state index contributed by atoms with van der Waals surface area (Å²) in [5.41, 5.74) is 0.841. The number of carbonyl (C=O) groups is 2. The third-order valence-electron chi connectivity index (χ3n) is 4.65. The van der Waals surface area contributed by atoms with Crippen molar-refractivity contribution in [2.24, 2.45) is 11.8 Å². The lowest BCUT2D eigenvalue weighted by Gasteiger charge is -2.24. The molecule has 1 amide bonds. The van der Waals surface area contributed by atoms with Gasteiger partial charge in [-0.1, -0.05) is 6.42 Å². The Morgan fingerprint density at radius 2 is 2.29 bits per heavy atom. The van der Waals surface area contributed by atoms with E-state index >= 15 is 0 Å². The van der Waals surface area contributed by atoms with Gasteiger partial charge >= 0.3 is 5.97 Å². The molecule has 0 radical (unpaired) electrons. The molecule has 1 aliphatic heterocycles. The summed E-state index contributed by atoms with van der Waals surface area (Å²) in [7, 11) is 1.59. The highest BCUT2D eigenvalue weighted by Gasteiger charge is 2.49. The lowest BCUT2D eigenvalue weighted by Crippen LogP contribution is -2.43. The molecule has 114 valence electrons. The zero-order valence-electron chi connectivity index (χ0n) is 11.9. The van der Waals surface area contributed by atoms with Crippen molar-refractivity contribution in [2.75, 3.05) is 13.7 Å². The van der Waals surface area contributed by atoms with E-state index in [-0.39, 0.29) is 11.8 Å². The summed E-state index contributed by atoms with van der Waals surface area (Å²) in [6, 6.07) is 1.20. The number of aliphatic carboxylic acids is 1. The van der Waals surface area contributed by atoms with Gasteiger partial charge in [-0.25, -0.2) is 4.79 Å². The van der Waals surface area contributed by atoms with Gasteiger partial charge in [0.05, 0.1) is 11.5 Å². The number of amides is 1. The first-order chi connectivity index (χ1) is 10.1. The van der Waals surface area contributed by atoms with Crippen molar-refractivity contribution in [1.29, 1.82) is 0 Å². The third-order valence-corrected chi connectivity index (χ3v) is 5.59. The second-order valence-electron chi connectivity index (χ2n) is 5.80. The number of nitrogens with zero attached hydrogens (tertiary/aromatic N) is 1. The van der Waals surface area contributed by atoms with E-state index in [0.717, 1.165) is 24.8 Å². The maximum atomic E-state index is 12.8. The number of hydrogen-bond acceptors (Lipinski definition) is 4. The van der Waals surface area contributed by atoms with Crippen LogP contribution < -0.4 is 0 Å². The molecule has 5 nitrogen and oxygen atoms in total. The van der Waals surface area contributed by atoms with Crippen LogP contribution in [0.25, 0.3) is 0 Å². The van der Waals surface area contributed by atoms with E-state index in [4.69, 9.17) is 4.74 Å².